The molecule has 5 nitrogen and oxygen atoms in total. The Morgan fingerprint density at radius 2 is 2.20 bits per heavy atom. The Morgan fingerprint density at radius 1 is 1.47 bits per heavy atom. The highest BCUT2D eigenvalue weighted by Gasteiger charge is 2.23. The number of hydrogen-bond donors (Lipinski definition) is 2. The average Bonchev–Trinajstić information content (AvgIpc) is 2.17. The highest BCUT2D eigenvalue weighted by molar-refractivity contribution is 5.73. The van der Waals surface area contributed by atoms with E-state index in [1.807, 2.05) is 4.90 Å². The molecule has 1 aliphatic heterocycles. The van der Waals surface area contributed by atoms with Crippen molar-refractivity contribution in [3.63, 3.8) is 0 Å². The molecule has 1 rings (SSSR count). The van der Waals surface area contributed by atoms with Gasteiger partial charge in [-0.3, -0.25) is 9.59 Å². The van der Waals surface area contributed by atoms with Crippen LogP contribution >= 0.6 is 0 Å². The maximum Gasteiger partial charge on any atom is 0.317 e. The minimum absolute atomic E-state index is 0.0394. The second kappa shape index (κ2) is 5.70. The average molecular weight is 214 g/mol. The quantitative estimate of drug-likeness (QED) is 0.694. The molecule has 1 heterocycles. The SMILES string of the molecule is CC(=O)N1CCCC[C@H]1CNCC(=O)O. The standard InChI is InChI=1S/C10H18N2O3/c1-8(13)12-5-3-2-4-9(12)6-11-7-10(14)15/h9,11H,2-7H2,1H3,(H,14,15)/t9-/m0/s1. The Morgan fingerprint density at radius 3 is 2.80 bits per heavy atom. The minimum Gasteiger partial charge on any atom is -0.480 e. The number of aliphatic carboxylic acids is 1. The van der Waals surface area contributed by atoms with E-state index in [0.29, 0.717) is 6.54 Å². The van der Waals surface area contributed by atoms with Gasteiger partial charge in [0, 0.05) is 26.1 Å². The molecule has 1 saturated heterocycles. The van der Waals surface area contributed by atoms with E-state index in [1.165, 1.54) is 0 Å². The molecule has 1 fully saturated rings. The zero-order valence-corrected chi connectivity index (χ0v) is 9.03. The molecule has 0 spiro atoms. The molecule has 1 aliphatic rings. The first-order valence-electron chi connectivity index (χ1n) is 5.31. The fraction of sp³-hybridized carbons (Fsp3) is 0.800. The van der Waals surface area contributed by atoms with E-state index in [1.54, 1.807) is 6.92 Å². The van der Waals surface area contributed by atoms with Crippen LogP contribution in [0.5, 0.6) is 0 Å². The van der Waals surface area contributed by atoms with Crippen molar-refractivity contribution in [1.29, 1.82) is 0 Å². The molecule has 0 radical (unpaired) electrons. The van der Waals surface area contributed by atoms with Gasteiger partial charge in [-0.2, -0.15) is 0 Å². The summed E-state index contributed by atoms with van der Waals surface area (Å²) in [7, 11) is 0. The van der Waals surface area contributed by atoms with E-state index in [9.17, 15) is 9.59 Å². The molecule has 0 aliphatic carbocycles. The van der Waals surface area contributed by atoms with Gasteiger partial charge in [0.2, 0.25) is 5.91 Å². The lowest BCUT2D eigenvalue weighted by molar-refractivity contribution is -0.136. The summed E-state index contributed by atoms with van der Waals surface area (Å²) in [6.45, 7) is 2.90. The van der Waals surface area contributed by atoms with Crippen molar-refractivity contribution in [2.45, 2.75) is 32.2 Å². The van der Waals surface area contributed by atoms with E-state index in [2.05, 4.69) is 5.32 Å². The third-order valence-electron chi connectivity index (χ3n) is 2.69. The van der Waals surface area contributed by atoms with Crippen molar-refractivity contribution >= 4 is 11.9 Å². The van der Waals surface area contributed by atoms with Gasteiger partial charge in [-0.25, -0.2) is 0 Å². The van der Waals surface area contributed by atoms with Crippen LogP contribution in [-0.2, 0) is 9.59 Å². The lowest BCUT2D eigenvalue weighted by atomic mass is 10.0. The first-order valence-corrected chi connectivity index (χ1v) is 5.31. The molecule has 0 aromatic rings. The van der Waals surface area contributed by atoms with Crippen molar-refractivity contribution < 1.29 is 14.7 Å². The van der Waals surface area contributed by atoms with E-state index < -0.39 is 5.97 Å². The molecular weight excluding hydrogens is 196 g/mol. The van der Waals surface area contributed by atoms with Crippen molar-refractivity contribution in [3.8, 4) is 0 Å². The van der Waals surface area contributed by atoms with Crippen molar-refractivity contribution in [1.82, 2.24) is 10.2 Å². The second-order valence-corrected chi connectivity index (χ2v) is 3.89. The van der Waals surface area contributed by atoms with Gasteiger partial charge >= 0.3 is 5.97 Å². The summed E-state index contributed by atoms with van der Waals surface area (Å²) in [5.74, 6) is -0.781. The second-order valence-electron chi connectivity index (χ2n) is 3.89. The molecule has 1 amide bonds. The first-order chi connectivity index (χ1) is 7.11. The predicted molar refractivity (Wildman–Crippen MR) is 55.5 cm³/mol. The summed E-state index contributed by atoms with van der Waals surface area (Å²) >= 11 is 0. The van der Waals surface area contributed by atoms with Crippen LogP contribution in [-0.4, -0.2) is 47.6 Å². The zero-order valence-electron chi connectivity index (χ0n) is 9.03. The summed E-state index contributed by atoms with van der Waals surface area (Å²) in [5, 5.41) is 11.3. The number of carboxylic acids is 1. The Kier molecular flexibility index (Phi) is 4.55. The van der Waals surface area contributed by atoms with Crippen LogP contribution in [0.1, 0.15) is 26.2 Å². The number of carboxylic acid groups (broad SMARTS) is 1. The smallest absolute Gasteiger partial charge is 0.317 e. The number of amides is 1. The minimum atomic E-state index is -0.861. The number of hydrogen-bond acceptors (Lipinski definition) is 3. The molecule has 0 aromatic heterocycles. The first kappa shape index (κ1) is 12.0. The molecule has 0 bridgehead atoms. The van der Waals surface area contributed by atoms with E-state index in [0.717, 1.165) is 25.8 Å². The van der Waals surface area contributed by atoms with E-state index >= 15 is 0 Å². The van der Waals surface area contributed by atoms with Crippen LogP contribution in [0.15, 0.2) is 0 Å². The van der Waals surface area contributed by atoms with Gasteiger partial charge in [0.15, 0.2) is 0 Å². The Labute approximate surface area is 89.4 Å². The maximum atomic E-state index is 11.3. The number of carbonyl (C=O) groups is 2. The zero-order chi connectivity index (χ0) is 11.3. The molecule has 0 saturated carbocycles. The van der Waals surface area contributed by atoms with Gasteiger partial charge in [0.1, 0.15) is 0 Å². The number of likely N-dealkylation sites (tertiary alicyclic amines) is 1. The highest BCUT2D eigenvalue weighted by atomic mass is 16.4. The molecule has 15 heavy (non-hydrogen) atoms. The van der Waals surface area contributed by atoms with Gasteiger partial charge in [-0.1, -0.05) is 0 Å². The van der Waals surface area contributed by atoms with Gasteiger partial charge < -0.3 is 15.3 Å². The molecule has 86 valence electrons. The third kappa shape index (κ3) is 3.87. The number of nitrogens with zero attached hydrogens (tertiary/aromatic N) is 1. The van der Waals surface area contributed by atoms with Crippen LogP contribution in [0.2, 0.25) is 0 Å². The predicted octanol–water partition coefficient (Wildman–Crippen LogP) is 0.0616. The lowest BCUT2D eigenvalue weighted by Crippen LogP contribution is -2.48. The Hall–Kier alpha value is -1.10. The molecule has 5 heteroatoms. The number of nitrogens with one attached hydrogen (secondary N) is 1. The maximum absolute atomic E-state index is 11.3. The summed E-state index contributed by atoms with van der Waals surface area (Å²) in [6, 6.07) is 0.163. The molecule has 0 unspecified atom stereocenters. The van der Waals surface area contributed by atoms with Crippen LogP contribution in [0.4, 0.5) is 0 Å². The van der Waals surface area contributed by atoms with Gasteiger partial charge in [0.25, 0.3) is 0 Å². The fourth-order valence-corrected chi connectivity index (χ4v) is 1.97. The van der Waals surface area contributed by atoms with Gasteiger partial charge in [-0.15, -0.1) is 0 Å². The monoisotopic (exact) mass is 214 g/mol. The van der Waals surface area contributed by atoms with Crippen LogP contribution in [0.25, 0.3) is 0 Å². The summed E-state index contributed by atoms with van der Waals surface area (Å²) in [4.78, 5) is 23.4. The fourth-order valence-electron chi connectivity index (χ4n) is 1.97. The van der Waals surface area contributed by atoms with Crippen LogP contribution in [0, 0.1) is 0 Å². The van der Waals surface area contributed by atoms with E-state index in [-0.39, 0.29) is 18.5 Å². The normalized spacial score (nSPS) is 21.4. The van der Waals surface area contributed by atoms with Crippen LogP contribution in [0.3, 0.4) is 0 Å². The van der Waals surface area contributed by atoms with E-state index in [4.69, 9.17) is 5.11 Å². The third-order valence-corrected chi connectivity index (χ3v) is 2.69. The van der Waals surface area contributed by atoms with Gasteiger partial charge in [-0.05, 0) is 19.3 Å². The molecule has 1 atom stereocenters. The van der Waals surface area contributed by atoms with Crippen molar-refractivity contribution in [2.24, 2.45) is 0 Å². The number of carbonyl (C=O) groups excluding carboxylic acids is 1. The van der Waals surface area contributed by atoms with Crippen LogP contribution < -0.4 is 5.32 Å². The summed E-state index contributed by atoms with van der Waals surface area (Å²) in [5.41, 5.74) is 0. The largest absolute Gasteiger partial charge is 0.480 e. The molecule has 2 N–H and O–H groups in total. The molecule has 0 aromatic carbocycles. The Balaban J connectivity index is 2.36. The van der Waals surface area contributed by atoms with Crippen molar-refractivity contribution in [2.75, 3.05) is 19.6 Å². The lowest BCUT2D eigenvalue weighted by Gasteiger charge is -2.35. The molecular formula is C10H18N2O3. The summed E-state index contributed by atoms with van der Waals surface area (Å²) in [6.07, 6.45) is 3.13. The van der Waals surface area contributed by atoms with Gasteiger partial charge in [0.05, 0.1) is 6.54 Å². The topological polar surface area (TPSA) is 69.6 Å². The number of piperidine rings is 1. The Bertz CT molecular complexity index is 243. The number of rotatable bonds is 4. The van der Waals surface area contributed by atoms with Crippen molar-refractivity contribution in [3.05, 3.63) is 0 Å². The summed E-state index contributed by atoms with van der Waals surface area (Å²) < 4.78 is 0. The highest BCUT2D eigenvalue weighted by Crippen LogP contribution is 2.16.